The fourth-order valence-corrected chi connectivity index (χ4v) is 4.67. The van der Waals surface area contributed by atoms with Crippen LogP contribution in [0, 0.1) is 12.8 Å². The van der Waals surface area contributed by atoms with Crippen LogP contribution in [0.15, 0.2) is 29.3 Å². The van der Waals surface area contributed by atoms with Gasteiger partial charge in [-0.15, -0.1) is 24.0 Å². The molecule has 0 bridgehead atoms. The number of nitrogens with zero attached hydrogens (tertiary/aromatic N) is 2. The van der Waals surface area contributed by atoms with Gasteiger partial charge in [-0.25, -0.2) is 0 Å². The molecule has 0 aliphatic carbocycles. The Balaban J connectivity index is 0.00000320. The number of nitrogens with one attached hydrogen (secondary N) is 1. The van der Waals surface area contributed by atoms with E-state index in [2.05, 4.69) is 46.4 Å². The van der Waals surface area contributed by atoms with E-state index in [1.54, 1.807) is 0 Å². The lowest BCUT2D eigenvalue weighted by molar-refractivity contribution is -0.149. The molecule has 2 aliphatic heterocycles. The average molecular weight is 529 g/mol. The van der Waals surface area contributed by atoms with Gasteiger partial charge in [0.2, 0.25) is 0 Å². The second-order valence-corrected chi connectivity index (χ2v) is 8.15. The number of carbonyl (C=O) groups excluding carboxylic acids is 1. The van der Waals surface area contributed by atoms with E-state index in [-0.39, 0.29) is 41.3 Å². The Morgan fingerprint density at radius 1 is 1.33 bits per heavy atom. The van der Waals surface area contributed by atoms with Gasteiger partial charge in [0.25, 0.3) is 0 Å². The number of rotatable bonds is 5. The highest BCUT2D eigenvalue weighted by atomic mass is 127. The number of hydrogen-bond donors (Lipinski definition) is 1. The molecule has 1 N–H and O–H groups in total. The number of aryl methyl sites for hydroxylation is 1. The van der Waals surface area contributed by atoms with Gasteiger partial charge >= 0.3 is 5.97 Å². The smallest absolute Gasteiger partial charge is 0.310 e. The fraction of sp³-hybridized carbons (Fsp3) is 0.652. The zero-order valence-electron chi connectivity index (χ0n) is 18.5. The molecule has 3 rings (SSSR count). The number of aliphatic imine (C=N–C) groups is 1. The van der Waals surface area contributed by atoms with Crippen molar-refractivity contribution in [3.05, 3.63) is 35.4 Å². The van der Waals surface area contributed by atoms with Crippen molar-refractivity contribution in [1.29, 1.82) is 0 Å². The molecule has 7 heteroatoms. The van der Waals surface area contributed by atoms with Crippen LogP contribution in [0.25, 0.3) is 0 Å². The monoisotopic (exact) mass is 529 g/mol. The second-order valence-electron chi connectivity index (χ2n) is 8.15. The molecule has 2 fully saturated rings. The van der Waals surface area contributed by atoms with Gasteiger partial charge in [-0.2, -0.15) is 0 Å². The van der Waals surface area contributed by atoms with Crippen LogP contribution in [-0.2, 0) is 19.7 Å². The minimum absolute atomic E-state index is 0. The van der Waals surface area contributed by atoms with E-state index in [1.807, 2.05) is 14.0 Å². The molecule has 0 aromatic heterocycles. The summed E-state index contributed by atoms with van der Waals surface area (Å²) >= 11 is 0. The SMILES string of the molecule is CCOC(=O)C1CCCN(C(=NC)NCC2(c3ccccc3C)CCOCC2)C1.I. The van der Waals surface area contributed by atoms with E-state index in [9.17, 15) is 4.79 Å². The number of ether oxygens (including phenoxy) is 2. The molecule has 2 heterocycles. The third-order valence-corrected chi connectivity index (χ3v) is 6.30. The molecule has 1 aromatic rings. The predicted octanol–water partition coefficient (Wildman–Crippen LogP) is 3.51. The molecule has 1 aromatic carbocycles. The number of esters is 1. The van der Waals surface area contributed by atoms with E-state index in [1.165, 1.54) is 11.1 Å². The summed E-state index contributed by atoms with van der Waals surface area (Å²) < 4.78 is 10.9. The summed E-state index contributed by atoms with van der Waals surface area (Å²) in [6, 6.07) is 8.67. The summed E-state index contributed by atoms with van der Waals surface area (Å²) in [6.45, 7) is 8.44. The van der Waals surface area contributed by atoms with Gasteiger partial charge in [0.1, 0.15) is 0 Å². The highest BCUT2D eigenvalue weighted by molar-refractivity contribution is 14.0. The minimum atomic E-state index is -0.0894. The summed E-state index contributed by atoms with van der Waals surface area (Å²) in [6.07, 6.45) is 3.85. The van der Waals surface area contributed by atoms with Crippen molar-refractivity contribution in [2.24, 2.45) is 10.9 Å². The molecule has 1 unspecified atom stereocenters. The number of benzene rings is 1. The van der Waals surface area contributed by atoms with Gasteiger partial charge in [-0.05, 0) is 50.7 Å². The van der Waals surface area contributed by atoms with Crippen molar-refractivity contribution in [3.8, 4) is 0 Å². The summed E-state index contributed by atoms with van der Waals surface area (Å²) in [5, 5.41) is 3.64. The van der Waals surface area contributed by atoms with Crippen molar-refractivity contribution >= 4 is 35.9 Å². The highest BCUT2D eigenvalue weighted by Gasteiger charge is 2.36. The Kier molecular flexibility index (Phi) is 9.87. The number of halogens is 1. The van der Waals surface area contributed by atoms with Gasteiger partial charge in [0, 0.05) is 45.3 Å². The first-order chi connectivity index (χ1) is 14.1. The predicted molar refractivity (Wildman–Crippen MR) is 131 cm³/mol. The van der Waals surface area contributed by atoms with Crippen molar-refractivity contribution < 1.29 is 14.3 Å². The number of carbonyl (C=O) groups is 1. The van der Waals surface area contributed by atoms with Crippen LogP contribution in [0.5, 0.6) is 0 Å². The van der Waals surface area contributed by atoms with Crippen LogP contribution in [-0.4, -0.2) is 63.3 Å². The van der Waals surface area contributed by atoms with Gasteiger partial charge in [-0.1, -0.05) is 24.3 Å². The van der Waals surface area contributed by atoms with E-state index >= 15 is 0 Å². The number of piperidine rings is 1. The quantitative estimate of drug-likeness (QED) is 0.274. The van der Waals surface area contributed by atoms with Crippen molar-refractivity contribution in [2.45, 2.75) is 44.9 Å². The van der Waals surface area contributed by atoms with Crippen LogP contribution in [0.2, 0.25) is 0 Å². The standard InChI is InChI=1S/C23H35N3O3.HI/c1-4-29-21(27)19-9-7-13-26(16-19)22(24-3)25-17-23(11-14-28-15-12-23)20-10-6-5-8-18(20)2;/h5-6,8,10,19H,4,7,9,11-17H2,1-3H3,(H,24,25);1H. The van der Waals surface area contributed by atoms with Crippen molar-refractivity contribution in [1.82, 2.24) is 10.2 Å². The highest BCUT2D eigenvalue weighted by Crippen LogP contribution is 2.36. The van der Waals surface area contributed by atoms with Crippen LogP contribution in [0.4, 0.5) is 0 Å². The van der Waals surface area contributed by atoms with E-state index in [4.69, 9.17) is 9.47 Å². The summed E-state index contributed by atoms with van der Waals surface area (Å²) in [5.74, 6) is 0.711. The Labute approximate surface area is 197 Å². The lowest BCUT2D eigenvalue weighted by atomic mass is 9.72. The molecule has 0 amide bonds. The molecular weight excluding hydrogens is 493 g/mol. The molecular formula is C23H36IN3O3. The largest absolute Gasteiger partial charge is 0.466 e. The zero-order chi connectivity index (χ0) is 20.7. The van der Waals surface area contributed by atoms with Crippen LogP contribution in [0.1, 0.15) is 43.7 Å². The summed E-state index contributed by atoms with van der Waals surface area (Å²) in [4.78, 5) is 18.9. The first-order valence-electron chi connectivity index (χ1n) is 10.9. The second kappa shape index (κ2) is 11.9. The molecule has 1 atom stereocenters. The Hall–Kier alpha value is -1.35. The van der Waals surface area contributed by atoms with E-state index in [0.29, 0.717) is 13.2 Å². The normalized spacial score (nSPS) is 21.5. The number of guanidine groups is 1. The third kappa shape index (κ3) is 5.87. The Morgan fingerprint density at radius 2 is 2.07 bits per heavy atom. The molecule has 0 saturated carbocycles. The van der Waals surface area contributed by atoms with Crippen LogP contribution < -0.4 is 5.32 Å². The lowest BCUT2D eigenvalue weighted by Crippen LogP contribution is -2.52. The topological polar surface area (TPSA) is 63.2 Å². The van der Waals surface area contributed by atoms with Crippen molar-refractivity contribution in [3.63, 3.8) is 0 Å². The van der Waals surface area contributed by atoms with Gasteiger partial charge < -0.3 is 19.7 Å². The Morgan fingerprint density at radius 3 is 2.73 bits per heavy atom. The first-order valence-corrected chi connectivity index (χ1v) is 10.9. The van der Waals surface area contributed by atoms with Crippen molar-refractivity contribution in [2.75, 3.05) is 46.5 Å². The average Bonchev–Trinajstić information content (AvgIpc) is 2.75. The van der Waals surface area contributed by atoms with Gasteiger partial charge in [0.05, 0.1) is 12.5 Å². The van der Waals surface area contributed by atoms with Gasteiger partial charge in [-0.3, -0.25) is 9.79 Å². The van der Waals surface area contributed by atoms with Crippen LogP contribution >= 0.6 is 24.0 Å². The molecule has 0 spiro atoms. The zero-order valence-corrected chi connectivity index (χ0v) is 20.8. The summed E-state index contributed by atoms with van der Waals surface area (Å²) in [5.41, 5.74) is 2.76. The maximum atomic E-state index is 12.2. The van der Waals surface area contributed by atoms with Gasteiger partial charge in [0.15, 0.2) is 5.96 Å². The Bertz CT molecular complexity index is 719. The minimum Gasteiger partial charge on any atom is -0.466 e. The molecule has 30 heavy (non-hydrogen) atoms. The summed E-state index contributed by atoms with van der Waals surface area (Å²) in [7, 11) is 1.82. The lowest BCUT2D eigenvalue weighted by Gasteiger charge is -2.41. The molecule has 168 valence electrons. The number of likely N-dealkylation sites (tertiary alicyclic amines) is 1. The molecule has 6 nitrogen and oxygen atoms in total. The maximum Gasteiger partial charge on any atom is 0.310 e. The number of hydrogen-bond acceptors (Lipinski definition) is 4. The fourth-order valence-electron chi connectivity index (χ4n) is 4.67. The molecule has 0 radical (unpaired) electrons. The molecule has 2 saturated heterocycles. The van der Waals surface area contributed by atoms with Crippen LogP contribution in [0.3, 0.4) is 0 Å². The van der Waals surface area contributed by atoms with E-state index in [0.717, 1.165) is 57.9 Å². The first kappa shape index (κ1) is 24.9. The maximum absolute atomic E-state index is 12.2. The molecule has 2 aliphatic rings. The third-order valence-electron chi connectivity index (χ3n) is 6.30. The van der Waals surface area contributed by atoms with E-state index < -0.39 is 0 Å².